The number of ether oxygens (including phenoxy) is 2. The van der Waals surface area contributed by atoms with Gasteiger partial charge in [-0.3, -0.25) is 4.90 Å². The van der Waals surface area contributed by atoms with Crippen molar-refractivity contribution in [3.63, 3.8) is 0 Å². The quantitative estimate of drug-likeness (QED) is 0.705. The van der Waals surface area contributed by atoms with Crippen LogP contribution in [0.4, 0.5) is 0 Å². The number of hydrogen-bond donors (Lipinski definition) is 1. The molecule has 2 aromatic rings. The van der Waals surface area contributed by atoms with Crippen LogP contribution in [-0.2, 0) is 24.4 Å². The van der Waals surface area contributed by atoms with Gasteiger partial charge in [-0.15, -0.1) is 24.8 Å². The lowest BCUT2D eigenvalue weighted by Crippen LogP contribution is -2.35. The molecule has 2 aromatic carbocycles. The van der Waals surface area contributed by atoms with Gasteiger partial charge in [-0.25, -0.2) is 0 Å². The van der Waals surface area contributed by atoms with Gasteiger partial charge in [0, 0.05) is 43.3 Å². The number of nitrogens with one attached hydrogen (secondary N) is 1. The summed E-state index contributed by atoms with van der Waals surface area (Å²) in [4.78, 5) is 2.41. The first-order valence-electron chi connectivity index (χ1n) is 8.66. The summed E-state index contributed by atoms with van der Waals surface area (Å²) in [6.45, 7) is 6.00. The topological polar surface area (TPSA) is 33.7 Å². The van der Waals surface area contributed by atoms with Gasteiger partial charge in [-0.2, -0.15) is 0 Å². The zero-order valence-corrected chi connectivity index (χ0v) is 17.8. The van der Waals surface area contributed by atoms with Gasteiger partial charge in [-0.1, -0.05) is 35.9 Å². The van der Waals surface area contributed by atoms with Gasteiger partial charge in [0.15, 0.2) is 0 Å². The monoisotopic (exact) mass is 432 g/mol. The normalized spacial score (nSPS) is 14.1. The van der Waals surface area contributed by atoms with Crippen molar-refractivity contribution in [2.75, 3.05) is 33.4 Å². The van der Waals surface area contributed by atoms with Crippen LogP contribution in [0, 0.1) is 0 Å². The first-order chi connectivity index (χ1) is 12.3. The summed E-state index contributed by atoms with van der Waals surface area (Å²) in [7, 11) is 1.73. The van der Waals surface area contributed by atoms with Crippen molar-refractivity contribution < 1.29 is 9.47 Å². The van der Waals surface area contributed by atoms with E-state index in [2.05, 4.69) is 28.4 Å². The standard InChI is InChI=1S/C20H25ClN2O2.2ClH/c1-24-20-7-6-16(12-18(20)15-23-8-10-25-11-9-23)13-22-14-17-4-2-3-5-19(17)21;;/h2-7,12,22H,8-11,13-15H2,1H3;2*1H. The van der Waals surface area contributed by atoms with Gasteiger partial charge >= 0.3 is 0 Å². The highest BCUT2D eigenvalue weighted by Gasteiger charge is 2.13. The maximum Gasteiger partial charge on any atom is 0.123 e. The molecule has 0 amide bonds. The van der Waals surface area contributed by atoms with Gasteiger partial charge in [0.2, 0.25) is 0 Å². The van der Waals surface area contributed by atoms with E-state index in [1.54, 1.807) is 7.11 Å². The van der Waals surface area contributed by atoms with Crippen LogP contribution >= 0.6 is 36.4 Å². The zero-order valence-electron chi connectivity index (χ0n) is 15.4. The molecule has 150 valence electrons. The highest BCUT2D eigenvalue weighted by molar-refractivity contribution is 6.31. The second kappa shape index (κ2) is 12.4. The summed E-state index contributed by atoms with van der Waals surface area (Å²) >= 11 is 6.21. The predicted molar refractivity (Wildman–Crippen MR) is 116 cm³/mol. The molecule has 1 aliphatic heterocycles. The van der Waals surface area contributed by atoms with Crippen molar-refractivity contribution in [3.8, 4) is 5.75 Å². The van der Waals surface area contributed by atoms with Crippen LogP contribution in [0.3, 0.4) is 0 Å². The lowest BCUT2D eigenvalue weighted by molar-refractivity contribution is 0.0339. The SMILES string of the molecule is COc1ccc(CNCc2ccccc2Cl)cc1CN1CCOCC1.Cl.Cl. The predicted octanol–water partition coefficient (Wildman–Crippen LogP) is 4.31. The molecule has 1 heterocycles. The third-order valence-corrected chi connectivity index (χ3v) is 4.81. The Morgan fingerprint density at radius 3 is 2.48 bits per heavy atom. The van der Waals surface area contributed by atoms with Crippen molar-refractivity contribution >= 4 is 36.4 Å². The number of hydrogen-bond acceptors (Lipinski definition) is 4. The summed E-state index contributed by atoms with van der Waals surface area (Å²) in [6.07, 6.45) is 0. The van der Waals surface area contributed by atoms with Gasteiger partial charge < -0.3 is 14.8 Å². The van der Waals surface area contributed by atoms with Crippen LogP contribution in [0.25, 0.3) is 0 Å². The first kappa shape index (κ1) is 24.0. The molecular formula is C20H27Cl3N2O2. The Balaban J connectivity index is 0.00000182. The van der Waals surface area contributed by atoms with E-state index in [-0.39, 0.29) is 24.8 Å². The highest BCUT2D eigenvalue weighted by atomic mass is 35.5. The molecule has 0 atom stereocenters. The maximum absolute atomic E-state index is 6.21. The summed E-state index contributed by atoms with van der Waals surface area (Å²) in [6, 6.07) is 14.3. The number of morpholine rings is 1. The second-order valence-electron chi connectivity index (χ2n) is 6.23. The van der Waals surface area contributed by atoms with Crippen molar-refractivity contribution in [1.82, 2.24) is 10.2 Å². The molecule has 7 heteroatoms. The largest absolute Gasteiger partial charge is 0.496 e. The molecule has 1 N–H and O–H groups in total. The molecule has 0 bridgehead atoms. The average molecular weight is 434 g/mol. The van der Waals surface area contributed by atoms with Gasteiger partial charge in [0.1, 0.15) is 5.75 Å². The first-order valence-corrected chi connectivity index (χ1v) is 9.04. The molecule has 1 saturated heterocycles. The molecule has 0 unspecified atom stereocenters. The molecule has 4 nitrogen and oxygen atoms in total. The molecule has 27 heavy (non-hydrogen) atoms. The van der Waals surface area contributed by atoms with E-state index in [1.165, 1.54) is 11.1 Å². The number of methoxy groups -OCH3 is 1. The van der Waals surface area contributed by atoms with Crippen molar-refractivity contribution in [2.24, 2.45) is 0 Å². The Kier molecular flexibility index (Phi) is 11.1. The molecule has 0 spiro atoms. The van der Waals surface area contributed by atoms with E-state index in [0.29, 0.717) is 0 Å². The molecule has 0 aliphatic carbocycles. The minimum absolute atomic E-state index is 0. The van der Waals surface area contributed by atoms with Crippen LogP contribution in [0.5, 0.6) is 5.75 Å². The van der Waals surface area contributed by atoms with Crippen LogP contribution in [-0.4, -0.2) is 38.3 Å². The van der Waals surface area contributed by atoms with Gasteiger partial charge in [0.05, 0.1) is 20.3 Å². The van der Waals surface area contributed by atoms with Crippen LogP contribution in [0.2, 0.25) is 5.02 Å². The van der Waals surface area contributed by atoms with E-state index >= 15 is 0 Å². The summed E-state index contributed by atoms with van der Waals surface area (Å²) in [5, 5.41) is 4.27. The number of benzene rings is 2. The molecule has 0 saturated carbocycles. The number of nitrogens with zero attached hydrogens (tertiary/aromatic N) is 1. The fourth-order valence-corrected chi connectivity index (χ4v) is 3.25. The van der Waals surface area contributed by atoms with E-state index in [0.717, 1.165) is 62.3 Å². The Morgan fingerprint density at radius 2 is 1.78 bits per heavy atom. The van der Waals surface area contributed by atoms with Crippen molar-refractivity contribution in [2.45, 2.75) is 19.6 Å². The molecule has 0 radical (unpaired) electrons. The van der Waals surface area contributed by atoms with Crippen LogP contribution in [0.15, 0.2) is 42.5 Å². The van der Waals surface area contributed by atoms with Crippen molar-refractivity contribution in [3.05, 3.63) is 64.2 Å². The Morgan fingerprint density at radius 1 is 1.04 bits per heavy atom. The lowest BCUT2D eigenvalue weighted by Gasteiger charge is -2.27. The molecule has 1 fully saturated rings. The number of halogens is 3. The summed E-state index contributed by atoms with van der Waals surface area (Å²) in [5.41, 5.74) is 3.59. The van der Waals surface area contributed by atoms with E-state index in [1.807, 2.05) is 24.3 Å². The van der Waals surface area contributed by atoms with Crippen molar-refractivity contribution in [1.29, 1.82) is 0 Å². The lowest BCUT2D eigenvalue weighted by atomic mass is 10.1. The Hall–Kier alpha value is -1.01. The Labute approximate surface area is 179 Å². The fraction of sp³-hybridized carbons (Fsp3) is 0.400. The van der Waals surface area contributed by atoms with E-state index in [9.17, 15) is 0 Å². The fourth-order valence-electron chi connectivity index (χ4n) is 3.05. The summed E-state index contributed by atoms with van der Waals surface area (Å²) < 4.78 is 11.0. The highest BCUT2D eigenvalue weighted by Crippen LogP contribution is 2.22. The average Bonchev–Trinajstić information content (AvgIpc) is 2.64. The maximum atomic E-state index is 6.21. The van der Waals surface area contributed by atoms with Crippen LogP contribution in [0.1, 0.15) is 16.7 Å². The summed E-state index contributed by atoms with van der Waals surface area (Å²) in [5.74, 6) is 0.946. The molecule has 1 aliphatic rings. The molecular weight excluding hydrogens is 407 g/mol. The minimum atomic E-state index is 0. The van der Waals surface area contributed by atoms with Crippen LogP contribution < -0.4 is 10.1 Å². The minimum Gasteiger partial charge on any atom is -0.496 e. The van der Waals surface area contributed by atoms with E-state index < -0.39 is 0 Å². The zero-order chi connectivity index (χ0) is 17.5. The third kappa shape index (κ3) is 7.15. The molecule has 3 rings (SSSR count). The third-order valence-electron chi connectivity index (χ3n) is 4.44. The smallest absolute Gasteiger partial charge is 0.123 e. The number of rotatable bonds is 7. The molecule has 0 aromatic heterocycles. The Bertz CT molecular complexity index is 695. The second-order valence-corrected chi connectivity index (χ2v) is 6.64. The van der Waals surface area contributed by atoms with E-state index in [4.69, 9.17) is 21.1 Å². The van der Waals surface area contributed by atoms with Gasteiger partial charge in [-0.05, 0) is 29.3 Å². The van der Waals surface area contributed by atoms with Gasteiger partial charge in [0.25, 0.3) is 0 Å².